The fourth-order valence-electron chi connectivity index (χ4n) is 2.39. The molecule has 24 heavy (non-hydrogen) atoms. The Morgan fingerprint density at radius 1 is 0.917 bits per heavy atom. The van der Waals surface area contributed by atoms with Crippen LogP contribution in [0.3, 0.4) is 0 Å². The Labute approximate surface area is 145 Å². The number of anilines is 1. The van der Waals surface area contributed by atoms with Crippen LogP contribution in [0.2, 0.25) is 5.02 Å². The molecule has 0 aliphatic carbocycles. The lowest BCUT2D eigenvalue weighted by Gasteiger charge is -2.13. The molecule has 0 aliphatic rings. The normalized spacial score (nSPS) is 10.5. The van der Waals surface area contributed by atoms with Gasteiger partial charge in [-0.25, -0.2) is 0 Å². The van der Waals surface area contributed by atoms with Crippen LogP contribution in [0.5, 0.6) is 23.0 Å². The smallest absolute Gasteiger partial charge is 0.162 e. The maximum absolute atomic E-state index is 6.29. The molecule has 5 nitrogen and oxygen atoms in total. The third-order valence-corrected chi connectivity index (χ3v) is 3.94. The zero-order valence-corrected chi connectivity index (χ0v) is 14.3. The Morgan fingerprint density at radius 2 is 1.67 bits per heavy atom. The van der Waals surface area contributed by atoms with Crippen LogP contribution in [0.1, 0.15) is 0 Å². The predicted octanol–water partition coefficient (Wildman–Crippen LogP) is 4.74. The molecule has 124 valence electrons. The number of benzene rings is 2. The van der Waals surface area contributed by atoms with Gasteiger partial charge in [-0.3, -0.25) is 4.98 Å². The number of methoxy groups -OCH3 is 2. The Morgan fingerprint density at radius 3 is 2.33 bits per heavy atom. The summed E-state index contributed by atoms with van der Waals surface area (Å²) in [5.74, 6) is 2.43. The van der Waals surface area contributed by atoms with Crippen LogP contribution in [-0.4, -0.2) is 26.3 Å². The van der Waals surface area contributed by atoms with Gasteiger partial charge >= 0.3 is 0 Å². The summed E-state index contributed by atoms with van der Waals surface area (Å²) in [5, 5.41) is 4.37. The number of pyridine rings is 1. The van der Waals surface area contributed by atoms with Gasteiger partial charge in [-0.2, -0.15) is 0 Å². The molecule has 0 bridgehead atoms. The SMILES string of the molecule is CNc1ccc(Oc2ccnc3cc(OC)c(OC)cc23)c(Cl)c1. The van der Waals surface area contributed by atoms with Crippen molar-refractivity contribution in [1.29, 1.82) is 0 Å². The lowest BCUT2D eigenvalue weighted by molar-refractivity contribution is 0.355. The molecule has 0 fully saturated rings. The predicted molar refractivity (Wildman–Crippen MR) is 95.9 cm³/mol. The first kappa shape index (κ1) is 16.2. The third-order valence-electron chi connectivity index (χ3n) is 3.65. The zero-order valence-electron chi connectivity index (χ0n) is 13.6. The monoisotopic (exact) mass is 344 g/mol. The molecular formula is C18H17ClN2O3. The number of nitrogens with one attached hydrogen (secondary N) is 1. The van der Waals surface area contributed by atoms with E-state index >= 15 is 0 Å². The highest BCUT2D eigenvalue weighted by atomic mass is 35.5. The first-order valence-electron chi connectivity index (χ1n) is 7.32. The molecule has 0 spiro atoms. The van der Waals surface area contributed by atoms with Gasteiger partial charge in [0.2, 0.25) is 0 Å². The van der Waals surface area contributed by atoms with Gasteiger partial charge in [-0.15, -0.1) is 0 Å². The molecule has 0 saturated heterocycles. The Kier molecular flexibility index (Phi) is 4.62. The van der Waals surface area contributed by atoms with Crippen LogP contribution in [0.25, 0.3) is 10.9 Å². The Hall–Kier alpha value is -2.66. The minimum absolute atomic E-state index is 0.521. The van der Waals surface area contributed by atoms with Gasteiger partial charge in [-0.1, -0.05) is 11.6 Å². The molecule has 1 aromatic heterocycles. The summed E-state index contributed by atoms with van der Waals surface area (Å²) < 4.78 is 16.7. The summed E-state index contributed by atoms with van der Waals surface area (Å²) >= 11 is 6.29. The first-order chi connectivity index (χ1) is 11.7. The highest BCUT2D eigenvalue weighted by Crippen LogP contribution is 2.38. The van der Waals surface area contributed by atoms with Crippen molar-refractivity contribution in [2.45, 2.75) is 0 Å². The molecule has 0 amide bonds. The van der Waals surface area contributed by atoms with Crippen molar-refractivity contribution in [1.82, 2.24) is 4.98 Å². The van der Waals surface area contributed by atoms with E-state index in [1.54, 1.807) is 26.5 Å². The molecule has 2 aromatic carbocycles. The van der Waals surface area contributed by atoms with Crippen molar-refractivity contribution in [3.05, 3.63) is 47.6 Å². The standard InChI is InChI=1S/C18H17ClN2O3/c1-20-11-4-5-16(13(19)8-11)24-15-6-7-21-14-10-18(23-3)17(22-2)9-12(14)15/h4-10,20H,1-3H3. The van der Waals surface area contributed by atoms with Crippen LogP contribution in [0.15, 0.2) is 42.6 Å². The summed E-state index contributed by atoms with van der Waals surface area (Å²) in [6, 6.07) is 11.0. The van der Waals surface area contributed by atoms with E-state index in [0.29, 0.717) is 28.0 Å². The Bertz CT molecular complexity index is 884. The van der Waals surface area contributed by atoms with Crippen molar-refractivity contribution in [2.75, 3.05) is 26.6 Å². The van der Waals surface area contributed by atoms with Gasteiger partial charge in [0, 0.05) is 30.4 Å². The lowest BCUT2D eigenvalue weighted by atomic mass is 10.2. The molecule has 1 N–H and O–H groups in total. The van der Waals surface area contributed by atoms with Crippen molar-refractivity contribution < 1.29 is 14.2 Å². The maximum Gasteiger partial charge on any atom is 0.162 e. The quantitative estimate of drug-likeness (QED) is 0.724. The van der Waals surface area contributed by atoms with E-state index in [0.717, 1.165) is 16.6 Å². The van der Waals surface area contributed by atoms with E-state index in [2.05, 4.69) is 10.3 Å². The molecule has 6 heteroatoms. The number of fused-ring (bicyclic) bond motifs is 1. The number of halogens is 1. The van der Waals surface area contributed by atoms with Crippen molar-refractivity contribution in [3.8, 4) is 23.0 Å². The molecular weight excluding hydrogens is 328 g/mol. The molecule has 0 saturated carbocycles. The van der Waals surface area contributed by atoms with E-state index < -0.39 is 0 Å². The topological polar surface area (TPSA) is 52.6 Å². The van der Waals surface area contributed by atoms with Gasteiger partial charge < -0.3 is 19.5 Å². The van der Waals surface area contributed by atoms with Crippen LogP contribution < -0.4 is 19.5 Å². The van der Waals surface area contributed by atoms with Crippen LogP contribution in [0.4, 0.5) is 5.69 Å². The molecule has 3 aromatic rings. The summed E-state index contributed by atoms with van der Waals surface area (Å²) in [7, 11) is 5.02. The van der Waals surface area contributed by atoms with Crippen LogP contribution >= 0.6 is 11.6 Å². The van der Waals surface area contributed by atoms with E-state index in [1.807, 2.05) is 37.4 Å². The average molecular weight is 345 g/mol. The largest absolute Gasteiger partial charge is 0.493 e. The number of hydrogen-bond donors (Lipinski definition) is 1. The molecule has 1 heterocycles. The van der Waals surface area contributed by atoms with Gasteiger partial charge in [0.05, 0.1) is 24.8 Å². The third kappa shape index (κ3) is 3.03. The van der Waals surface area contributed by atoms with Crippen molar-refractivity contribution in [3.63, 3.8) is 0 Å². The van der Waals surface area contributed by atoms with Gasteiger partial charge in [0.15, 0.2) is 11.5 Å². The minimum Gasteiger partial charge on any atom is -0.493 e. The van der Waals surface area contributed by atoms with Crippen LogP contribution in [-0.2, 0) is 0 Å². The van der Waals surface area contributed by atoms with Crippen molar-refractivity contribution >= 4 is 28.2 Å². The molecule has 0 aliphatic heterocycles. The second kappa shape index (κ2) is 6.84. The second-order valence-corrected chi connectivity index (χ2v) is 5.44. The highest BCUT2D eigenvalue weighted by molar-refractivity contribution is 6.32. The molecule has 0 radical (unpaired) electrons. The summed E-state index contributed by atoms with van der Waals surface area (Å²) in [5.41, 5.74) is 1.66. The fraction of sp³-hybridized carbons (Fsp3) is 0.167. The fourth-order valence-corrected chi connectivity index (χ4v) is 2.61. The van der Waals surface area contributed by atoms with E-state index in [4.69, 9.17) is 25.8 Å². The first-order valence-corrected chi connectivity index (χ1v) is 7.70. The number of rotatable bonds is 5. The molecule has 3 rings (SSSR count). The summed E-state index contributed by atoms with van der Waals surface area (Å²) in [6.45, 7) is 0. The number of ether oxygens (including phenoxy) is 3. The van der Waals surface area contributed by atoms with E-state index in [1.165, 1.54) is 0 Å². The number of nitrogens with zero attached hydrogens (tertiary/aromatic N) is 1. The van der Waals surface area contributed by atoms with E-state index in [9.17, 15) is 0 Å². The molecule has 0 unspecified atom stereocenters. The second-order valence-electron chi connectivity index (χ2n) is 5.03. The summed E-state index contributed by atoms with van der Waals surface area (Å²) in [4.78, 5) is 4.36. The summed E-state index contributed by atoms with van der Waals surface area (Å²) in [6.07, 6.45) is 1.68. The van der Waals surface area contributed by atoms with Crippen molar-refractivity contribution in [2.24, 2.45) is 0 Å². The minimum atomic E-state index is 0.521. The number of hydrogen-bond acceptors (Lipinski definition) is 5. The zero-order chi connectivity index (χ0) is 17.1. The van der Waals surface area contributed by atoms with Gasteiger partial charge in [-0.05, 0) is 30.3 Å². The lowest BCUT2D eigenvalue weighted by Crippen LogP contribution is -1.94. The average Bonchev–Trinajstić information content (AvgIpc) is 2.62. The number of aromatic nitrogens is 1. The maximum atomic E-state index is 6.29. The van der Waals surface area contributed by atoms with E-state index in [-0.39, 0.29) is 0 Å². The highest BCUT2D eigenvalue weighted by Gasteiger charge is 2.12. The Balaban J connectivity index is 2.06. The molecule has 0 atom stereocenters. The van der Waals surface area contributed by atoms with Gasteiger partial charge in [0.25, 0.3) is 0 Å². The van der Waals surface area contributed by atoms with Gasteiger partial charge in [0.1, 0.15) is 11.5 Å². The van der Waals surface area contributed by atoms with Crippen LogP contribution in [0, 0.1) is 0 Å².